The van der Waals surface area contributed by atoms with E-state index >= 15 is 0 Å². The summed E-state index contributed by atoms with van der Waals surface area (Å²) in [6, 6.07) is 0. The van der Waals surface area contributed by atoms with Gasteiger partial charge in [0.05, 0.1) is 24.1 Å². The van der Waals surface area contributed by atoms with E-state index in [4.69, 9.17) is 9.47 Å². The highest BCUT2D eigenvalue weighted by molar-refractivity contribution is 7.18. The van der Waals surface area contributed by atoms with Crippen LogP contribution in [0, 0.1) is 6.92 Å². The summed E-state index contributed by atoms with van der Waals surface area (Å²) in [5, 5.41) is 0.554. The minimum Gasteiger partial charge on any atom is -0.443 e. The van der Waals surface area contributed by atoms with Crippen LogP contribution in [0.2, 0.25) is 0 Å². The third-order valence-electron chi connectivity index (χ3n) is 5.18. The van der Waals surface area contributed by atoms with Gasteiger partial charge >= 0.3 is 11.8 Å². The molecule has 2 aromatic heterocycles. The molecule has 0 saturated heterocycles. The average Bonchev–Trinajstić information content (AvgIpc) is 3.27. The Kier molecular flexibility index (Phi) is 6.13. The Bertz CT molecular complexity index is 1070. The zero-order valence-corrected chi connectivity index (χ0v) is 19.2. The summed E-state index contributed by atoms with van der Waals surface area (Å²) in [5.74, 6) is 0. The zero-order valence-electron chi connectivity index (χ0n) is 18.4. The lowest BCUT2D eigenvalue weighted by molar-refractivity contribution is 0.0497. The van der Waals surface area contributed by atoms with Crippen molar-refractivity contribution in [2.24, 2.45) is 0 Å². The number of nitrogens with zero attached hydrogens (tertiary/aromatic N) is 2. The van der Waals surface area contributed by atoms with Gasteiger partial charge in [0.25, 0.3) is 5.56 Å². The van der Waals surface area contributed by atoms with E-state index in [1.165, 1.54) is 15.9 Å². The first-order valence-electron chi connectivity index (χ1n) is 9.97. The molecular formula is C20H30N4O5S. The van der Waals surface area contributed by atoms with Crippen molar-refractivity contribution in [3.8, 4) is 0 Å². The van der Waals surface area contributed by atoms with Crippen molar-refractivity contribution in [1.29, 1.82) is 0 Å². The molecule has 2 heterocycles. The van der Waals surface area contributed by atoms with Gasteiger partial charge in [0.2, 0.25) is 0 Å². The lowest BCUT2D eigenvalue weighted by Gasteiger charge is -2.19. The number of aromatic nitrogens is 2. The molecule has 1 saturated carbocycles. The predicted octanol–water partition coefficient (Wildman–Crippen LogP) is 2.22. The Morgan fingerprint density at radius 1 is 1.27 bits per heavy atom. The molecule has 0 bridgehead atoms. The standard InChI is InChI=1S/C20H30N4O5S/c1-12-13(11-21-22-17(26)29-19(2,3)4)30-16-14(12)15(25)24(20(5)7-8-20)18(27)23(16)9-10-28-6/h21H,7-11H2,1-6H3,(H,22,26). The van der Waals surface area contributed by atoms with E-state index in [1.54, 1.807) is 32.4 Å². The van der Waals surface area contributed by atoms with E-state index in [0.717, 1.165) is 23.3 Å². The maximum Gasteiger partial charge on any atom is 0.422 e. The highest BCUT2D eigenvalue weighted by Gasteiger charge is 2.43. The fraction of sp³-hybridized carbons (Fsp3) is 0.650. The van der Waals surface area contributed by atoms with Crippen molar-refractivity contribution in [2.75, 3.05) is 13.7 Å². The molecular weight excluding hydrogens is 408 g/mol. The van der Waals surface area contributed by atoms with E-state index in [-0.39, 0.29) is 11.2 Å². The maximum atomic E-state index is 13.2. The Labute approximate surface area is 178 Å². The Morgan fingerprint density at radius 2 is 1.93 bits per heavy atom. The summed E-state index contributed by atoms with van der Waals surface area (Å²) >= 11 is 1.37. The third kappa shape index (κ3) is 4.45. The number of fused-ring (bicyclic) bond motifs is 1. The molecule has 0 spiro atoms. The molecule has 9 nitrogen and oxygen atoms in total. The Hall–Kier alpha value is -2.17. The van der Waals surface area contributed by atoms with Gasteiger partial charge in [0, 0.05) is 18.5 Å². The first-order chi connectivity index (χ1) is 14.0. The molecule has 0 aromatic carbocycles. The summed E-state index contributed by atoms with van der Waals surface area (Å²) in [5.41, 5.74) is 4.60. The van der Waals surface area contributed by atoms with Crippen LogP contribution in [-0.4, -0.2) is 34.5 Å². The molecule has 1 aliphatic carbocycles. The number of carbonyl (C=O) groups is 1. The molecule has 0 atom stereocenters. The summed E-state index contributed by atoms with van der Waals surface area (Å²) in [6.45, 7) is 10.2. The molecule has 2 N–H and O–H groups in total. The number of hydrazine groups is 1. The van der Waals surface area contributed by atoms with E-state index in [2.05, 4.69) is 10.9 Å². The van der Waals surface area contributed by atoms with Crippen LogP contribution in [0.15, 0.2) is 9.59 Å². The number of methoxy groups -OCH3 is 1. The summed E-state index contributed by atoms with van der Waals surface area (Å²) < 4.78 is 13.4. The number of hydrogen-bond acceptors (Lipinski definition) is 7. The smallest absolute Gasteiger partial charge is 0.422 e. The molecule has 1 aliphatic rings. The first-order valence-corrected chi connectivity index (χ1v) is 10.8. The number of aryl methyl sites for hydroxylation is 1. The minimum atomic E-state index is -0.597. The van der Waals surface area contributed by atoms with Crippen LogP contribution in [0.5, 0.6) is 0 Å². The fourth-order valence-electron chi connectivity index (χ4n) is 3.32. The first kappa shape index (κ1) is 22.5. The molecule has 0 unspecified atom stereocenters. The average molecular weight is 439 g/mol. The molecule has 1 amide bonds. The van der Waals surface area contributed by atoms with Crippen molar-refractivity contribution in [3.63, 3.8) is 0 Å². The number of rotatable bonds is 7. The topological polar surface area (TPSA) is 104 Å². The molecule has 10 heteroatoms. The van der Waals surface area contributed by atoms with Gasteiger partial charge in [-0.25, -0.2) is 15.0 Å². The summed E-state index contributed by atoms with van der Waals surface area (Å²) in [7, 11) is 1.58. The normalized spacial score (nSPS) is 15.4. The van der Waals surface area contributed by atoms with Crippen molar-refractivity contribution < 1.29 is 14.3 Å². The number of hydrogen-bond donors (Lipinski definition) is 2. The lowest BCUT2D eigenvalue weighted by atomic mass is 10.2. The van der Waals surface area contributed by atoms with E-state index in [0.29, 0.717) is 29.9 Å². The van der Waals surface area contributed by atoms with Crippen LogP contribution >= 0.6 is 11.3 Å². The molecule has 30 heavy (non-hydrogen) atoms. The molecule has 0 aliphatic heterocycles. The largest absolute Gasteiger partial charge is 0.443 e. The molecule has 2 aromatic rings. The van der Waals surface area contributed by atoms with E-state index in [1.807, 2.05) is 13.8 Å². The number of nitrogens with one attached hydrogen (secondary N) is 2. The van der Waals surface area contributed by atoms with E-state index in [9.17, 15) is 14.4 Å². The predicted molar refractivity (Wildman–Crippen MR) is 116 cm³/mol. The molecule has 166 valence electrons. The van der Waals surface area contributed by atoms with Crippen molar-refractivity contribution in [1.82, 2.24) is 20.0 Å². The Balaban J connectivity index is 1.96. The van der Waals surface area contributed by atoms with Crippen LogP contribution in [0.1, 0.15) is 51.0 Å². The van der Waals surface area contributed by atoms with Gasteiger partial charge in [-0.2, -0.15) is 0 Å². The second kappa shape index (κ2) is 8.16. The number of amides is 1. The van der Waals surface area contributed by atoms with Crippen LogP contribution in [0.3, 0.4) is 0 Å². The van der Waals surface area contributed by atoms with Crippen LogP contribution < -0.4 is 22.1 Å². The van der Waals surface area contributed by atoms with Gasteiger partial charge in [0.1, 0.15) is 10.4 Å². The van der Waals surface area contributed by atoms with E-state index < -0.39 is 17.2 Å². The quantitative estimate of drug-likeness (QED) is 0.643. The molecule has 3 rings (SSSR count). The second-order valence-electron chi connectivity index (χ2n) is 8.88. The zero-order chi connectivity index (χ0) is 22.3. The fourth-order valence-corrected chi connectivity index (χ4v) is 4.58. The second-order valence-corrected chi connectivity index (χ2v) is 9.96. The van der Waals surface area contributed by atoms with Gasteiger partial charge in [-0.15, -0.1) is 11.3 Å². The van der Waals surface area contributed by atoms with Crippen LogP contribution in [-0.2, 0) is 28.1 Å². The van der Waals surface area contributed by atoms with Gasteiger partial charge in [0.15, 0.2) is 0 Å². The molecule has 1 fully saturated rings. The monoisotopic (exact) mass is 438 g/mol. The number of ether oxygens (including phenoxy) is 2. The SMILES string of the molecule is COCCn1c(=O)n(C2(C)CC2)c(=O)c2c(C)c(CNNC(=O)OC(C)(C)C)sc21. The summed E-state index contributed by atoms with van der Waals surface area (Å²) in [4.78, 5) is 39.7. The highest BCUT2D eigenvalue weighted by Crippen LogP contribution is 2.41. The number of thiophene rings is 1. The van der Waals surface area contributed by atoms with Crippen LogP contribution in [0.25, 0.3) is 10.2 Å². The van der Waals surface area contributed by atoms with Crippen molar-refractivity contribution in [3.05, 3.63) is 31.3 Å². The summed E-state index contributed by atoms with van der Waals surface area (Å²) in [6.07, 6.45) is 1.05. The van der Waals surface area contributed by atoms with Crippen molar-refractivity contribution in [2.45, 2.75) is 71.7 Å². The lowest BCUT2D eigenvalue weighted by Crippen LogP contribution is -2.45. The van der Waals surface area contributed by atoms with Gasteiger partial charge in [-0.05, 0) is 53.0 Å². The number of carbonyl (C=O) groups excluding carboxylic acids is 1. The maximum absolute atomic E-state index is 13.2. The van der Waals surface area contributed by atoms with Gasteiger partial charge in [-0.3, -0.25) is 19.4 Å². The Morgan fingerprint density at radius 3 is 2.50 bits per heavy atom. The minimum absolute atomic E-state index is 0.247. The van der Waals surface area contributed by atoms with Gasteiger partial charge < -0.3 is 9.47 Å². The van der Waals surface area contributed by atoms with Crippen LogP contribution in [0.4, 0.5) is 4.79 Å². The van der Waals surface area contributed by atoms with Gasteiger partial charge in [-0.1, -0.05) is 0 Å². The van der Waals surface area contributed by atoms with Crippen molar-refractivity contribution >= 4 is 27.6 Å². The third-order valence-corrected chi connectivity index (χ3v) is 6.50. The highest BCUT2D eigenvalue weighted by atomic mass is 32.1. The molecule has 0 radical (unpaired) electrons.